The molecule has 0 radical (unpaired) electrons. The Morgan fingerprint density at radius 1 is 1.33 bits per heavy atom. The Morgan fingerprint density at radius 3 is 2.83 bits per heavy atom. The molecule has 1 aromatic carbocycles. The van der Waals surface area contributed by atoms with Crippen LogP contribution in [0.1, 0.15) is 5.56 Å². The van der Waals surface area contributed by atoms with Crippen molar-refractivity contribution in [2.45, 2.75) is 6.92 Å². The smallest absolute Gasteiger partial charge is 0.142 e. The summed E-state index contributed by atoms with van der Waals surface area (Å²) in [5, 5.41) is 3.19. The molecule has 0 spiro atoms. The lowest BCUT2D eigenvalue weighted by molar-refractivity contribution is 0.416. The van der Waals surface area contributed by atoms with Crippen LogP contribution >= 0.6 is 15.9 Å². The maximum atomic E-state index is 5.74. The number of aromatic nitrogens is 2. The number of benzene rings is 1. The van der Waals surface area contributed by atoms with Gasteiger partial charge in [0.25, 0.3) is 0 Å². The average molecular weight is 309 g/mol. The molecule has 0 atom stereocenters. The zero-order chi connectivity index (χ0) is 13.1. The number of anilines is 3. The Balaban J connectivity index is 2.39. The first-order chi connectivity index (χ1) is 8.61. The lowest BCUT2D eigenvalue weighted by Crippen LogP contribution is -2.03. The SMILES string of the molecule is COc1ccc(Br)cc1Nc1ncnc(N)c1C. The van der Waals surface area contributed by atoms with Gasteiger partial charge >= 0.3 is 0 Å². The highest BCUT2D eigenvalue weighted by Gasteiger charge is 2.08. The first-order valence-corrected chi connectivity index (χ1v) is 6.08. The first kappa shape index (κ1) is 12.6. The number of methoxy groups -OCH3 is 1. The molecule has 0 fully saturated rings. The standard InChI is InChI=1S/C12H13BrN4O/c1-7-11(14)15-6-16-12(7)17-9-5-8(13)3-4-10(9)18-2/h3-6H,1-2H3,(H3,14,15,16,17). The fourth-order valence-electron chi connectivity index (χ4n) is 1.50. The first-order valence-electron chi connectivity index (χ1n) is 5.29. The number of hydrogen-bond acceptors (Lipinski definition) is 5. The van der Waals surface area contributed by atoms with Crippen LogP contribution in [0, 0.1) is 6.92 Å². The Labute approximate surface area is 114 Å². The van der Waals surface area contributed by atoms with Crippen molar-refractivity contribution in [3.63, 3.8) is 0 Å². The summed E-state index contributed by atoms with van der Waals surface area (Å²) < 4.78 is 6.23. The Morgan fingerprint density at radius 2 is 2.11 bits per heavy atom. The molecule has 2 rings (SSSR count). The van der Waals surface area contributed by atoms with Crippen LogP contribution in [0.25, 0.3) is 0 Å². The summed E-state index contributed by atoms with van der Waals surface area (Å²) in [4.78, 5) is 8.09. The maximum Gasteiger partial charge on any atom is 0.142 e. The van der Waals surface area contributed by atoms with E-state index in [9.17, 15) is 0 Å². The van der Waals surface area contributed by atoms with Gasteiger partial charge in [0.1, 0.15) is 23.7 Å². The van der Waals surface area contributed by atoms with Gasteiger partial charge in [0.15, 0.2) is 0 Å². The number of hydrogen-bond donors (Lipinski definition) is 2. The van der Waals surface area contributed by atoms with Gasteiger partial charge in [-0.15, -0.1) is 0 Å². The molecule has 5 nitrogen and oxygen atoms in total. The topological polar surface area (TPSA) is 73.1 Å². The third-order valence-electron chi connectivity index (χ3n) is 2.54. The number of nitrogens with two attached hydrogens (primary N) is 1. The molecule has 3 N–H and O–H groups in total. The number of halogens is 1. The molecule has 1 aromatic heterocycles. The molecular weight excluding hydrogens is 296 g/mol. The Kier molecular flexibility index (Phi) is 3.66. The van der Waals surface area contributed by atoms with Crippen molar-refractivity contribution in [1.29, 1.82) is 0 Å². The summed E-state index contributed by atoms with van der Waals surface area (Å²) in [6.45, 7) is 1.86. The summed E-state index contributed by atoms with van der Waals surface area (Å²) >= 11 is 3.42. The van der Waals surface area contributed by atoms with Crippen molar-refractivity contribution in [3.05, 3.63) is 34.6 Å². The van der Waals surface area contributed by atoms with Crippen molar-refractivity contribution in [2.24, 2.45) is 0 Å². The minimum Gasteiger partial charge on any atom is -0.495 e. The van der Waals surface area contributed by atoms with Gasteiger partial charge in [-0.25, -0.2) is 9.97 Å². The molecule has 0 saturated carbocycles. The highest BCUT2D eigenvalue weighted by Crippen LogP contribution is 2.31. The van der Waals surface area contributed by atoms with Crippen LogP contribution in [0.2, 0.25) is 0 Å². The largest absolute Gasteiger partial charge is 0.495 e. The minimum absolute atomic E-state index is 0.460. The fraction of sp³-hybridized carbons (Fsp3) is 0.167. The summed E-state index contributed by atoms with van der Waals surface area (Å²) in [5.74, 6) is 1.86. The van der Waals surface area contributed by atoms with Crippen molar-refractivity contribution >= 4 is 33.3 Å². The fourth-order valence-corrected chi connectivity index (χ4v) is 1.86. The van der Waals surface area contributed by atoms with Gasteiger partial charge < -0.3 is 15.8 Å². The van der Waals surface area contributed by atoms with Gasteiger partial charge in [-0.3, -0.25) is 0 Å². The van der Waals surface area contributed by atoms with E-state index in [1.54, 1.807) is 7.11 Å². The van der Waals surface area contributed by atoms with Gasteiger partial charge in [0, 0.05) is 10.0 Å². The Bertz CT molecular complexity index is 574. The zero-order valence-electron chi connectivity index (χ0n) is 10.1. The van der Waals surface area contributed by atoms with E-state index in [1.165, 1.54) is 6.33 Å². The quantitative estimate of drug-likeness (QED) is 0.912. The van der Waals surface area contributed by atoms with Crippen LogP contribution in [0.5, 0.6) is 5.75 Å². The second-order valence-electron chi connectivity index (χ2n) is 3.70. The highest BCUT2D eigenvalue weighted by molar-refractivity contribution is 9.10. The summed E-state index contributed by atoms with van der Waals surface area (Å²) in [6, 6.07) is 5.69. The van der Waals surface area contributed by atoms with E-state index in [0.29, 0.717) is 11.6 Å². The molecule has 0 bridgehead atoms. The molecule has 0 saturated heterocycles. The van der Waals surface area contributed by atoms with Crippen molar-refractivity contribution in [1.82, 2.24) is 9.97 Å². The molecule has 94 valence electrons. The number of rotatable bonds is 3. The molecule has 0 aliphatic carbocycles. The minimum atomic E-state index is 0.460. The second-order valence-corrected chi connectivity index (χ2v) is 4.62. The van der Waals surface area contributed by atoms with Crippen LogP contribution in [-0.2, 0) is 0 Å². The van der Waals surface area contributed by atoms with Gasteiger partial charge in [-0.2, -0.15) is 0 Å². The van der Waals surface area contributed by atoms with E-state index in [2.05, 4.69) is 31.2 Å². The number of nitrogen functional groups attached to an aromatic ring is 1. The average Bonchev–Trinajstić information content (AvgIpc) is 2.35. The van der Waals surface area contributed by atoms with E-state index >= 15 is 0 Å². The summed E-state index contributed by atoms with van der Waals surface area (Å²) in [5.41, 5.74) is 7.36. The van der Waals surface area contributed by atoms with E-state index in [4.69, 9.17) is 10.5 Å². The molecular formula is C12H13BrN4O. The number of ether oxygens (including phenoxy) is 1. The predicted octanol–water partition coefficient (Wildman–Crippen LogP) is 2.88. The second kappa shape index (κ2) is 5.22. The van der Waals surface area contributed by atoms with Crippen molar-refractivity contribution < 1.29 is 4.74 Å². The van der Waals surface area contributed by atoms with E-state index in [-0.39, 0.29) is 0 Å². The van der Waals surface area contributed by atoms with Crippen LogP contribution < -0.4 is 15.8 Å². The van der Waals surface area contributed by atoms with Crippen molar-refractivity contribution in [2.75, 3.05) is 18.2 Å². The lowest BCUT2D eigenvalue weighted by Gasteiger charge is -2.13. The normalized spacial score (nSPS) is 10.2. The van der Waals surface area contributed by atoms with E-state index in [0.717, 1.165) is 21.5 Å². The van der Waals surface area contributed by atoms with Gasteiger partial charge in [0.05, 0.1) is 12.8 Å². The summed E-state index contributed by atoms with van der Waals surface area (Å²) in [6.07, 6.45) is 1.43. The van der Waals surface area contributed by atoms with Gasteiger partial charge in [0.2, 0.25) is 0 Å². The van der Waals surface area contributed by atoms with Crippen LogP contribution in [0.15, 0.2) is 29.0 Å². The zero-order valence-corrected chi connectivity index (χ0v) is 11.7. The Hall–Kier alpha value is -1.82. The molecule has 0 aliphatic rings. The molecule has 18 heavy (non-hydrogen) atoms. The molecule has 0 unspecified atom stereocenters. The molecule has 6 heteroatoms. The van der Waals surface area contributed by atoms with Gasteiger partial charge in [-0.05, 0) is 25.1 Å². The molecule has 2 aromatic rings. The summed E-state index contributed by atoms with van der Waals surface area (Å²) in [7, 11) is 1.62. The molecule has 1 heterocycles. The van der Waals surface area contributed by atoms with E-state index in [1.807, 2.05) is 25.1 Å². The predicted molar refractivity (Wildman–Crippen MR) is 75.2 cm³/mol. The van der Waals surface area contributed by atoms with Crippen LogP contribution in [0.3, 0.4) is 0 Å². The molecule has 0 amide bonds. The monoisotopic (exact) mass is 308 g/mol. The lowest BCUT2D eigenvalue weighted by atomic mass is 10.2. The molecule has 0 aliphatic heterocycles. The third-order valence-corrected chi connectivity index (χ3v) is 3.03. The maximum absolute atomic E-state index is 5.74. The van der Waals surface area contributed by atoms with Gasteiger partial charge in [-0.1, -0.05) is 15.9 Å². The highest BCUT2D eigenvalue weighted by atomic mass is 79.9. The van der Waals surface area contributed by atoms with Crippen molar-refractivity contribution in [3.8, 4) is 5.75 Å². The van der Waals surface area contributed by atoms with Crippen LogP contribution in [-0.4, -0.2) is 17.1 Å². The van der Waals surface area contributed by atoms with E-state index < -0.39 is 0 Å². The third kappa shape index (κ3) is 2.53. The van der Waals surface area contributed by atoms with Crippen LogP contribution in [0.4, 0.5) is 17.3 Å². The number of nitrogens with one attached hydrogen (secondary N) is 1. The number of nitrogens with zero attached hydrogens (tertiary/aromatic N) is 2.